The zero-order chi connectivity index (χ0) is 13.8. The number of likely N-dealkylation sites (N-methyl/N-ethyl adjacent to an activating group) is 2. The van der Waals surface area contributed by atoms with Gasteiger partial charge >= 0.3 is 0 Å². The van der Waals surface area contributed by atoms with Gasteiger partial charge in [-0.25, -0.2) is 0 Å². The van der Waals surface area contributed by atoms with Gasteiger partial charge in [0.1, 0.15) is 6.07 Å². The zero-order valence-corrected chi connectivity index (χ0v) is 11.3. The van der Waals surface area contributed by atoms with E-state index in [0.717, 1.165) is 6.54 Å². The van der Waals surface area contributed by atoms with E-state index < -0.39 is 0 Å². The molecule has 0 aliphatic carbocycles. The third-order valence-corrected chi connectivity index (χ3v) is 3.46. The number of benzene rings is 1. The smallest absolute Gasteiger partial charge is 0.241 e. The number of nitriles is 1. The molecule has 1 amide bonds. The van der Waals surface area contributed by atoms with Gasteiger partial charge in [0.2, 0.25) is 5.91 Å². The van der Waals surface area contributed by atoms with Gasteiger partial charge in [-0.1, -0.05) is 12.1 Å². The van der Waals surface area contributed by atoms with E-state index in [4.69, 9.17) is 5.26 Å². The molecule has 0 radical (unpaired) electrons. The Hall–Kier alpha value is -1.90. The van der Waals surface area contributed by atoms with Gasteiger partial charge in [-0.05, 0) is 26.2 Å². The molecule has 1 atom stereocenters. The van der Waals surface area contributed by atoms with Gasteiger partial charge in [0.05, 0.1) is 17.8 Å². The standard InChI is InChI=1S/C14H18N4O/c1-16-8-12-9-18(14(19)10-17(12)2)13-6-4-3-5-11(13)7-15/h3-6,12,16H,8-10H2,1-2H3. The number of nitrogens with one attached hydrogen (secondary N) is 1. The maximum absolute atomic E-state index is 12.2. The molecule has 1 aromatic carbocycles. The highest BCUT2D eigenvalue weighted by Crippen LogP contribution is 2.23. The Morgan fingerprint density at radius 2 is 2.21 bits per heavy atom. The summed E-state index contributed by atoms with van der Waals surface area (Å²) in [6, 6.07) is 9.65. The highest BCUT2D eigenvalue weighted by molar-refractivity contribution is 5.96. The number of rotatable bonds is 3. The van der Waals surface area contributed by atoms with Crippen LogP contribution in [0.5, 0.6) is 0 Å². The van der Waals surface area contributed by atoms with Crippen LogP contribution < -0.4 is 10.2 Å². The Morgan fingerprint density at radius 3 is 2.89 bits per heavy atom. The fraction of sp³-hybridized carbons (Fsp3) is 0.429. The van der Waals surface area contributed by atoms with Gasteiger partial charge in [0.15, 0.2) is 0 Å². The molecule has 5 heteroatoms. The molecule has 1 aliphatic heterocycles. The van der Waals surface area contributed by atoms with Crippen LogP contribution in [-0.4, -0.2) is 50.6 Å². The Labute approximate surface area is 113 Å². The number of hydrogen-bond acceptors (Lipinski definition) is 4. The van der Waals surface area contributed by atoms with Crippen molar-refractivity contribution in [3.05, 3.63) is 29.8 Å². The van der Waals surface area contributed by atoms with E-state index in [1.807, 2.05) is 37.2 Å². The molecule has 1 fully saturated rings. The van der Waals surface area contributed by atoms with Crippen molar-refractivity contribution in [1.29, 1.82) is 5.26 Å². The molecule has 5 nitrogen and oxygen atoms in total. The molecule has 1 heterocycles. The fourth-order valence-electron chi connectivity index (χ4n) is 2.37. The SMILES string of the molecule is CNCC1CN(c2ccccc2C#N)C(=O)CN1C. The summed E-state index contributed by atoms with van der Waals surface area (Å²) >= 11 is 0. The maximum atomic E-state index is 12.2. The predicted molar refractivity (Wildman–Crippen MR) is 73.9 cm³/mol. The lowest BCUT2D eigenvalue weighted by atomic mass is 10.1. The van der Waals surface area contributed by atoms with Crippen molar-refractivity contribution in [2.75, 3.05) is 38.6 Å². The number of hydrogen-bond donors (Lipinski definition) is 1. The van der Waals surface area contributed by atoms with E-state index in [9.17, 15) is 4.79 Å². The number of anilines is 1. The lowest BCUT2D eigenvalue weighted by molar-refractivity contribution is -0.121. The van der Waals surface area contributed by atoms with Crippen LogP contribution in [0.2, 0.25) is 0 Å². The molecule has 1 aromatic rings. The second-order valence-corrected chi connectivity index (χ2v) is 4.76. The highest BCUT2D eigenvalue weighted by atomic mass is 16.2. The number of amides is 1. The molecule has 1 unspecified atom stereocenters. The van der Waals surface area contributed by atoms with Crippen LogP contribution in [-0.2, 0) is 4.79 Å². The Kier molecular flexibility index (Phi) is 4.15. The Bertz CT molecular complexity index is 508. The number of para-hydroxylation sites is 1. The third kappa shape index (κ3) is 2.75. The lowest BCUT2D eigenvalue weighted by Crippen LogP contribution is -2.57. The van der Waals surface area contributed by atoms with Gasteiger partial charge in [0.25, 0.3) is 0 Å². The van der Waals surface area contributed by atoms with E-state index in [1.54, 1.807) is 11.0 Å². The summed E-state index contributed by atoms with van der Waals surface area (Å²) in [5.74, 6) is 0.0394. The van der Waals surface area contributed by atoms with Crippen molar-refractivity contribution >= 4 is 11.6 Å². The van der Waals surface area contributed by atoms with Crippen molar-refractivity contribution in [3.8, 4) is 6.07 Å². The summed E-state index contributed by atoms with van der Waals surface area (Å²) in [4.78, 5) is 15.9. The van der Waals surface area contributed by atoms with Crippen molar-refractivity contribution in [2.24, 2.45) is 0 Å². The molecule has 0 bridgehead atoms. The number of piperazine rings is 1. The fourth-order valence-corrected chi connectivity index (χ4v) is 2.37. The Balaban J connectivity index is 2.28. The topological polar surface area (TPSA) is 59.4 Å². The minimum atomic E-state index is 0.0394. The molecular weight excluding hydrogens is 240 g/mol. The molecule has 2 rings (SSSR count). The third-order valence-electron chi connectivity index (χ3n) is 3.46. The largest absolute Gasteiger partial charge is 0.318 e. The minimum absolute atomic E-state index is 0.0394. The number of carbonyl (C=O) groups is 1. The molecule has 1 aliphatic rings. The first-order valence-electron chi connectivity index (χ1n) is 6.31. The summed E-state index contributed by atoms with van der Waals surface area (Å²) in [6.45, 7) is 1.80. The molecule has 0 saturated carbocycles. The zero-order valence-electron chi connectivity index (χ0n) is 11.3. The molecular formula is C14H18N4O. The van der Waals surface area contributed by atoms with Gasteiger partial charge in [0, 0.05) is 19.1 Å². The second-order valence-electron chi connectivity index (χ2n) is 4.76. The van der Waals surface area contributed by atoms with Crippen molar-refractivity contribution in [1.82, 2.24) is 10.2 Å². The second kappa shape index (κ2) is 5.83. The summed E-state index contributed by atoms with van der Waals surface area (Å²) < 4.78 is 0. The normalized spacial score (nSPS) is 20.4. The number of nitrogens with zero attached hydrogens (tertiary/aromatic N) is 3. The summed E-state index contributed by atoms with van der Waals surface area (Å²) in [5, 5.41) is 12.3. The molecule has 100 valence electrons. The van der Waals surface area contributed by atoms with Crippen LogP contribution in [0.3, 0.4) is 0 Å². The van der Waals surface area contributed by atoms with Gasteiger partial charge in [-0.2, -0.15) is 5.26 Å². The Morgan fingerprint density at radius 1 is 1.47 bits per heavy atom. The predicted octanol–water partition coefficient (Wildman–Crippen LogP) is 0.425. The van der Waals surface area contributed by atoms with Gasteiger partial charge in [-0.15, -0.1) is 0 Å². The first kappa shape index (κ1) is 13.5. The maximum Gasteiger partial charge on any atom is 0.241 e. The van der Waals surface area contributed by atoms with Crippen molar-refractivity contribution < 1.29 is 4.79 Å². The molecule has 19 heavy (non-hydrogen) atoms. The first-order chi connectivity index (χ1) is 9.17. The van der Waals surface area contributed by atoms with E-state index in [0.29, 0.717) is 24.3 Å². The van der Waals surface area contributed by atoms with E-state index in [-0.39, 0.29) is 11.9 Å². The summed E-state index contributed by atoms with van der Waals surface area (Å²) in [5.41, 5.74) is 1.26. The van der Waals surface area contributed by atoms with Gasteiger partial charge < -0.3 is 10.2 Å². The number of carbonyl (C=O) groups excluding carboxylic acids is 1. The van der Waals surface area contributed by atoms with Crippen molar-refractivity contribution in [3.63, 3.8) is 0 Å². The molecule has 1 saturated heterocycles. The highest BCUT2D eigenvalue weighted by Gasteiger charge is 2.31. The molecule has 0 spiro atoms. The van der Waals surface area contributed by atoms with E-state index in [1.165, 1.54) is 0 Å². The van der Waals surface area contributed by atoms with Crippen LogP contribution >= 0.6 is 0 Å². The quantitative estimate of drug-likeness (QED) is 0.854. The van der Waals surface area contributed by atoms with Crippen LogP contribution in [0.4, 0.5) is 5.69 Å². The van der Waals surface area contributed by atoms with E-state index in [2.05, 4.69) is 11.4 Å². The van der Waals surface area contributed by atoms with Crippen LogP contribution in [0.25, 0.3) is 0 Å². The molecule has 0 aromatic heterocycles. The molecule has 1 N–H and O–H groups in total. The van der Waals surface area contributed by atoms with E-state index >= 15 is 0 Å². The summed E-state index contributed by atoms with van der Waals surface area (Å²) in [7, 11) is 3.85. The summed E-state index contributed by atoms with van der Waals surface area (Å²) in [6.07, 6.45) is 0. The minimum Gasteiger partial charge on any atom is -0.318 e. The van der Waals surface area contributed by atoms with Gasteiger partial charge in [-0.3, -0.25) is 9.69 Å². The van der Waals surface area contributed by atoms with Crippen LogP contribution in [0.1, 0.15) is 5.56 Å². The van der Waals surface area contributed by atoms with Crippen LogP contribution in [0.15, 0.2) is 24.3 Å². The lowest BCUT2D eigenvalue weighted by Gasteiger charge is -2.39. The van der Waals surface area contributed by atoms with Crippen LogP contribution in [0, 0.1) is 11.3 Å². The monoisotopic (exact) mass is 258 g/mol. The average molecular weight is 258 g/mol. The van der Waals surface area contributed by atoms with Crippen molar-refractivity contribution in [2.45, 2.75) is 6.04 Å². The average Bonchev–Trinajstić information content (AvgIpc) is 2.42. The first-order valence-corrected chi connectivity index (χ1v) is 6.31.